The Hall–Kier alpha value is -1.20. The van der Waals surface area contributed by atoms with Gasteiger partial charge in [-0.25, -0.2) is 5.84 Å². The first kappa shape index (κ1) is 9.88. The van der Waals surface area contributed by atoms with Gasteiger partial charge >= 0.3 is 0 Å². The van der Waals surface area contributed by atoms with E-state index in [1.54, 1.807) is 12.1 Å². The first-order valence-electron chi connectivity index (χ1n) is 3.70. The minimum absolute atomic E-state index is 0.193. The van der Waals surface area contributed by atoms with E-state index in [2.05, 4.69) is 5.43 Å². The summed E-state index contributed by atoms with van der Waals surface area (Å²) in [5.41, 5.74) is 8.28. The van der Waals surface area contributed by atoms with Gasteiger partial charge in [0.1, 0.15) is 0 Å². The molecule has 0 aliphatic carbocycles. The molecule has 5 heteroatoms. The second kappa shape index (κ2) is 4.74. The number of nitrogen functional groups attached to an aromatic ring is 1. The van der Waals surface area contributed by atoms with Crippen molar-refractivity contribution in [2.24, 2.45) is 5.84 Å². The third kappa shape index (κ3) is 3.35. The van der Waals surface area contributed by atoms with Crippen LogP contribution in [0.3, 0.4) is 0 Å². The maximum atomic E-state index is 10.8. The zero-order valence-corrected chi connectivity index (χ0v) is 7.80. The zero-order chi connectivity index (χ0) is 9.68. The van der Waals surface area contributed by atoms with Crippen molar-refractivity contribution >= 4 is 23.4 Å². The van der Waals surface area contributed by atoms with Crippen LogP contribution in [-0.4, -0.2) is 11.7 Å². The van der Waals surface area contributed by atoms with E-state index in [4.69, 9.17) is 11.6 Å². The highest BCUT2D eigenvalue weighted by Crippen LogP contribution is 2.18. The molecule has 1 amide bonds. The van der Waals surface area contributed by atoms with Crippen LogP contribution in [0.4, 0.5) is 5.69 Å². The third-order valence-electron chi connectivity index (χ3n) is 1.41. The van der Waals surface area contributed by atoms with Crippen LogP contribution in [-0.2, 0) is 4.79 Å². The summed E-state index contributed by atoms with van der Waals surface area (Å²) >= 11 is 1.41. The topological polar surface area (TPSA) is 81.1 Å². The summed E-state index contributed by atoms with van der Waals surface area (Å²) in [6.07, 6.45) is 0. The van der Waals surface area contributed by atoms with Gasteiger partial charge in [-0.15, -0.1) is 11.8 Å². The van der Waals surface area contributed by atoms with Gasteiger partial charge in [0.15, 0.2) is 0 Å². The van der Waals surface area contributed by atoms with Crippen molar-refractivity contribution < 1.29 is 4.79 Å². The van der Waals surface area contributed by atoms with E-state index < -0.39 is 0 Å². The van der Waals surface area contributed by atoms with Gasteiger partial charge in [-0.2, -0.15) is 0 Å². The van der Waals surface area contributed by atoms with E-state index in [0.29, 0.717) is 11.4 Å². The molecule has 0 aliphatic heterocycles. The number of hydrazine groups is 1. The van der Waals surface area contributed by atoms with Crippen LogP contribution in [0.1, 0.15) is 0 Å². The maximum Gasteiger partial charge on any atom is 0.244 e. The van der Waals surface area contributed by atoms with Gasteiger partial charge in [-0.05, 0) is 24.3 Å². The van der Waals surface area contributed by atoms with Gasteiger partial charge in [-0.1, -0.05) is 0 Å². The molecule has 0 aliphatic rings. The SMILES string of the molecule is NNC(=O)CSc1ccc(N)cc1. The molecule has 0 bridgehead atoms. The zero-order valence-electron chi connectivity index (χ0n) is 6.99. The fourth-order valence-corrected chi connectivity index (χ4v) is 1.46. The van der Waals surface area contributed by atoms with Gasteiger partial charge < -0.3 is 5.73 Å². The number of amides is 1. The standard InChI is InChI=1S/C8H11N3OS/c9-6-1-3-7(4-2-6)13-5-8(12)11-10/h1-4H,5,9-10H2,(H,11,12). The molecule has 0 spiro atoms. The summed E-state index contributed by atoms with van der Waals surface area (Å²) in [4.78, 5) is 11.8. The van der Waals surface area contributed by atoms with Gasteiger partial charge in [-0.3, -0.25) is 10.2 Å². The van der Waals surface area contributed by atoms with Crippen molar-refractivity contribution in [3.05, 3.63) is 24.3 Å². The summed E-state index contributed by atoms with van der Waals surface area (Å²) in [7, 11) is 0. The van der Waals surface area contributed by atoms with Crippen molar-refractivity contribution in [1.82, 2.24) is 5.43 Å². The predicted octanol–water partition coefficient (Wildman–Crippen LogP) is 0.351. The largest absolute Gasteiger partial charge is 0.399 e. The lowest BCUT2D eigenvalue weighted by molar-refractivity contribution is -0.118. The Morgan fingerprint density at radius 2 is 2.00 bits per heavy atom. The molecule has 0 aromatic heterocycles. The molecule has 0 radical (unpaired) electrons. The van der Waals surface area contributed by atoms with Gasteiger partial charge in [0.2, 0.25) is 5.91 Å². The first-order valence-corrected chi connectivity index (χ1v) is 4.68. The molecule has 0 saturated carbocycles. The Labute approximate surface area is 80.6 Å². The summed E-state index contributed by atoms with van der Waals surface area (Å²) in [6, 6.07) is 7.32. The van der Waals surface area contributed by atoms with E-state index >= 15 is 0 Å². The monoisotopic (exact) mass is 197 g/mol. The van der Waals surface area contributed by atoms with Crippen molar-refractivity contribution in [3.8, 4) is 0 Å². The van der Waals surface area contributed by atoms with Crippen molar-refractivity contribution in [1.29, 1.82) is 0 Å². The van der Waals surface area contributed by atoms with Crippen molar-refractivity contribution in [2.75, 3.05) is 11.5 Å². The molecule has 0 heterocycles. The number of thioether (sulfide) groups is 1. The molecule has 1 aromatic carbocycles. The second-order valence-electron chi connectivity index (χ2n) is 2.43. The Kier molecular flexibility index (Phi) is 3.60. The quantitative estimate of drug-likeness (QED) is 0.215. The molecule has 1 rings (SSSR count). The van der Waals surface area contributed by atoms with Crippen LogP contribution < -0.4 is 17.0 Å². The summed E-state index contributed by atoms with van der Waals surface area (Å²) in [5, 5.41) is 0. The molecule has 5 N–H and O–H groups in total. The number of hydrogen-bond donors (Lipinski definition) is 3. The molecule has 0 fully saturated rings. The minimum atomic E-state index is -0.193. The number of carbonyl (C=O) groups excluding carboxylic acids is 1. The number of nitrogens with two attached hydrogens (primary N) is 2. The lowest BCUT2D eigenvalue weighted by Crippen LogP contribution is -2.31. The smallest absolute Gasteiger partial charge is 0.244 e. The van der Waals surface area contributed by atoms with Crippen LogP contribution in [0.15, 0.2) is 29.2 Å². The van der Waals surface area contributed by atoms with Crippen LogP contribution in [0.5, 0.6) is 0 Å². The number of hydrogen-bond acceptors (Lipinski definition) is 4. The normalized spacial score (nSPS) is 9.62. The van der Waals surface area contributed by atoms with Crippen LogP contribution >= 0.6 is 11.8 Å². The average molecular weight is 197 g/mol. The van der Waals surface area contributed by atoms with E-state index in [1.807, 2.05) is 12.1 Å². The van der Waals surface area contributed by atoms with Gasteiger partial charge in [0, 0.05) is 10.6 Å². The fraction of sp³-hybridized carbons (Fsp3) is 0.125. The fourth-order valence-electron chi connectivity index (χ4n) is 0.755. The highest BCUT2D eigenvalue weighted by Gasteiger charge is 1.99. The average Bonchev–Trinajstić information content (AvgIpc) is 2.16. The first-order chi connectivity index (χ1) is 6.22. The van der Waals surface area contributed by atoms with Crippen LogP contribution in [0.2, 0.25) is 0 Å². The van der Waals surface area contributed by atoms with E-state index in [9.17, 15) is 4.79 Å². The van der Waals surface area contributed by atoms with Crippen LogP contribution in [0.25, 0.3) is 0 Å². The Bertz CT molecular complexity index is 286. The number of anilines is 1. The Balaban J connectivity index is 2.46. The Morgan fingerprint density at radius 1 is 1.38 bits per heavy atom. The van der Waals surface area contributed by atoms with Crippen molar-refractivity contribution in [2.45, 2.75) is 4.90 Å². The van der Waals surface area contributed by atoms with E-state index in [1.165, 1.54) is 11.8 Å². The number of nitrogens with one attached hydrogen (secondary N) is 1. The summed E-state index contributed by atoms with van der Waals surface area (Å²) in [5.74, 6) is 5.05. The van der Waals surface area contributed by atoms with Crippen LogP contribution in [0, 0.1) is 0 Å². The molecule has 1 aromatic rings. The highest BCUT2D eigenvalue weighted by molar-refractivity contribution is 8.00. The lowest BCUT2D eigenvalue weighted by atomic mass is 10.3. The molecular weight excluding hydrogens is 186 g/mol. The maximum absolute atomic E-state index is 10.8. The van der Waals surface area contributed by atoms with E-state index in [0.717, 1.165) is 4.90 Å². The van der Waals surface area contributed by atoms with E-state index in [-0.39, 0.29) is 5.91 Å². The third-order valence-corrected chi connectivity index (χ3v) is 2.42. The molecule has 70 valence electrons. The molecule has 0 atom stereocenters. The molecule has 0 unspecified atom stereocenters. The molecule has 4 nitrogen and oxygen atoms in total. The lowest BCUT2D eigenvalue weighted by Gasteiger charge is -2.00. The number of rotatable bonds is 3. The Morgan fingerprint density at radius 3 is 2.54 bits per heavy atom. The van der Waals surface area contributed by atoms with Gasteiger partial charge in [0.25, 0.3) is 0 Å². The number of benzene rings is 1. The highest BCUT2D eigenvalue weighted by atomic mass is 32.2. The molecule has 13 heavy (non-hydrogen) atoms. The molecular formula is C8H11N3OS. The van der Waals surface area contributed by atoms with Gasteiger partial charge in [0.05, 0.1) is 5.75 Å². The van der Waals surface area contributed by atoms with Crippen molar-refractivity contribution in [3.63, 3.8) is 0 Å². The summed E-state index contributed by atoms with van der Waals surface area (Å²) < 4.78 is 0. The molecule has 0 saturated heterocycles. The summed E-state index contributed by atoms with van der Waals surface area (Å²) in [6.45, 7) is 0. The predicted molar refractivity (Wildman–Crippen MR) is 53.9 cm³/mol. The number of carbonyl (C=O) groups is 1. The second-order valence-corrected chi connectivity index (χ2v) is 3.47. The minimum Gasteiger partial charge on any atom is -0.399 e.